The average Bonchev–Trinajstić information content (AvgIpc) is 2.82. The van der Waals surface area contributed by atoms with Gasteiger partial charge in [-0.15, -0.1) is 11.3 Å². The first-order valence-corrected chi connectivity index (χ1v) is 7.47. The maximum absolute atomic E-state index is 4.39. The first kappa shape index (κ1) is 13.0. The molecule has 0 saturated carbocycles. The van der Waals surface area contributed by atoms with Gasteiger partial charge in [-0.2, -0.15) is 0 Å². The van der Waals surface area contributed by atoms with Crippen molar-refractivity contribution in [3.8, 4) is 0 Å². The monoisotopic (exact) mass is 253 g/mol. The molecular weight excluding hydrogens is 230 g/mol. The number of piperidine rings is 1. The van der Waals surface area contributed by atoms with Gasteiger partial charge in [0, 0.05) is 24.2 Å². The van der Waals surface area contributed by atoms with E-state index in [2.05, 4.69) is 34.4 Å². The zero-order valence-electron chi connectivity index (χ0n) is 10.9. The van der Waals surface area contributed by atoms with Crippen LogP contribution in [0.3, 0.4) is 0 Å². The predicted octanol–water partition coefficient (Wildman–Crippen LogP) is 2.35. The van der Waals surface area contributed by atoms with Crippen molar-refractivity contribution in [1.29, 1.82) is 0 Å². The molecule has 0 radical (unpaired) electrons. The standard InChI is InChI=1S/C13H23N3S/c1-11(2)16(10-13-15-6-7-17-13)9-12-4-3-5-14-8-12/h6-7,11-12,14H,3-5,8-10H2,1-2H3. The molecule has 0 amide bonds. The Morgan fingerprint density at radius 2 is 2.47 bits per heavy atom. The lowest BCUT2D eigenvalue weighted by atomic mass is 9.98. The third kappa shape index (κ3) is 4.05. The van der Waals surface area contributed by atoms with Crippen molar-refractivity contribution in [1.82, 2.24) is 15.2 Å². The van der Waals surface area contributed by atoms with Crippen molar-refractivity contribution < 1.29 is 0 Å². The van der Waals surface area contributed by atoms with E-state index in [4.69, 9.17) is 0 Å². The van der Waals surface area contributed by atoms with Gasteiger partial charge in [-0.25, -0.2) is 4.98 Å². The van der Waals surface area contributed by atoms with Crippen LogP contribution in [0.15, 0.2) is 11.6 Å². The van der Waals surface area contributed by atoms with Crippen molar-refractivity contribution in [3.05, 3.63) is 16.6 Å². The smallest absolute Gasteiger partial charge is 0.107 e. The first-order chi connectivity index (χ1) is 8.25. The molecule has 2 heterocycles. The van der Waals surface area contributed by atoms with Crippen LogP contribution < -0.4 is 5.32 Å². The van der Waals surface area contributed by atoms with Gasteiger partial charge >= 0.3 is 0 Å². The molecule has 1 unspecified atom stereocenters. The Morgan fingerprint density at radius 3 is 3.06 bits per heavy atom. The molecule has 1 atom stereocenters. The Labute approximate surface area is 108 Å². The lowest BCUT2D eigenvalue weighted by Crippen LogP contribution is -2.40. The second kappa shape index (κ2) is 6.47. The number of nitrogens with one attached hydrogen (secondary N) is 1. The van der Waals surface area contributed by atoms with E-state index in [9.17, 15) is 0 Å². The quantitative estimate of drug-likeness (QED) is 0.873. The molecule has 1 aliphatic heterocycles. The molecule has 1 N–H and O–H groups in total. The van der Waals surface area contributed by atoms with E-state index in [1.165, 1.54) is 37.5 Å². The SMILES string of the molecule is CC(C)N(Cc1nccs1)CC1CCCNC1. The van der Waals surface area contributed by atoms with Crippen LogP contribution in [-0.2, 0) is 6.54 Å². The Hall–Kier alpha value is -0.450. The summed E-state index contributed by atoms with van der Waals surface area (Å²) in [6.07, 6.45) is 4.60. The summed E-state index contributed by atoms with van der Waals surface area (Å²) in [5.74, 6) is 0.811. The van der Waals surface area contributed by atoms with Crippen LogP contribution in [0.2, 0.25) is 0 Å². The second-order valence-corrected chi connectivity index (χ2v) is 6.14. The largest absolute Gasteiger partial charge is 0.316 e. The number of aromatic nitrogens is 1. The summed E-state index contributed by atoms with van der Waals surface area (Å²) in [5.41, 5.74) is 0. The number of rotatable bonds is 5. The fourth-order valence-electron chi connectivity index (χ4n) is 2.37. The Balaban J connectivity index is 1.87. The van der Waals surface area contributed by atoms with E-state index < -0.39 is 0 Å². The molecule has 0 aromatic carbocycles. The van der Waals surface area contributed by atoms with Gasteiger partial charge < -0.3 is 5.32 Å². The van der Waals surface area contributed by atoms with Gasteiger partial charge in [-0.05, 0) is 45.7 Å². The van der Waals surface area contributed by atoms with E-state index in [0.717, 1.165) is 12.5 Å². The van der Waals surface area contributed by atoms with Gasteiger partial charge in [0.1, 0.15) is 5.01 Å². The Morgan fingerprint density at radius 1 is 1.59 bits per heavy atom. The summed E-state index contributed by atoms with van der Waals surface area (Å²) >= 11 is 1.76. The minimum Gasteiger partial charge on any atom is -0.316 e. The fourth-order valence-corrected chi connectivity index (χ4v) is 3.02. The zero-order valence-corrected chi connectivity index (χ0v) is 11.7. The highest BCUT2D eigenvalue weighted by atomic mass is 32.1. The summed E-state index contributed by atoms with van der Waals surface area (Å²) in [7, 11) is 0. The molecule has 2 rings (SSSR count). The summed E-state index contributed by atoms with van der Waals surface area (Å²) in [4.78, 5) is 6.94. The third-order valence-electron chi connectivity index (χ3n) is 3.44. The van der Waals surface area contributed by atoms with Crippen molar-refractivity contribution in [2.75, 3.05) is 19.6 Å². The van der Waals surface area contributed by atoms with Crippen LogP contribution in [0, 0.1) is 5.92 Å². The van der Waals surface area contributed by atoms with Gasteiger partial charge in [0.2, 0.25) is 0 Å². The number of nitrogens with zero attached hydrogens (tertiary/aromatic N) is 2. The van der Waals surface area contributed by atoms with Crippen molar-refractivity contribution in [3.63, 3.8) is 0 Å². The van der Waals surface area contributed by atoms with Crippen LogP contribution in [0.1, 0.15) is 31.7 Å². The van der Waals surface area contributed by atoms with Crippen LogP contribution in [-0.4, -0.2) is 35.6 Å². The van der Waals surface area contributed by atoms with E-state index in [-0.39, 0.29) is 0 Å². The average molecular weight is 253 g/mol. The maximum atomic E-state index is 4.39. The Kier molecular flexibility index (Phi) is 4.95. The molecule has 0 spiro atoms. The molecule has 0 bridgehead atoms. The van der Waals surface area contributed by atoms with E-state index >= 15 is 0 Å². The van der Waals surface area contributed by atoms with Gasteiger partial charge in [0.15, 0.2) is 0 Å². The molecule has 4 heteroatoms. The molecule has 17 heavy (non-hydrogen) atoms. The van der Waals surface area contributed by atoms with E-state index in [0.29, 0.717) is 6.04 Å². The molecule has 1 saturated heterocycles. The van der Waals surface area contributed by atoms with Crippen LogP contribution >= 0.6 is 11.3 Å². The molecule has 96 valence electrons. The molecule has 1 aliphatic rings. The van der Waals surface area contributed by atoms with Crippen molar-refractivity contribution in [2.24, 2.45) is 5.92 Å². The van der Waals surface area contributed by atoms with E-state index in [1.807, 2.05) is 6.20 Å². The molecule has 1 fully saturated rings. The fraction of sp³-hybridized carbons (Fsp3) is 0.769. The lowest BCUT2D eigenvalue weighted by Gasteiger charge is -2.32. The molecule has 0 aliphatic carbocycles. The molecule has 1 aromatic heterocycles. The molecular formula is C13H23N3S. The van der Waals surface area contributed by atoms with Crippen LogP contribution in [0.25, 0.3) is 0 Å². The third-order valence-corrected chi connectivity index (χ3v) is 4.21. The number of hydrogen-bond donors (Lipinski definition) is 1. The van der Waals surface area contributed by atoms with Gasteiger partial charge in [-0.3, -0.25) is 4.90 Å². The highest BCUT2D eigenvalue weighted by molar-refractivity contribution is 7.09. The molecule has 1 aromatic rings. The highest BCUT2D eigenvalue weighted by Gasteiger charge is 2.19. The summed E-state index contributed by atoms with van der Waals surface area (Å²) in [6.45, 7) is 9.15. The van der Waals surface area contributed by atoms with Gasteiger partial charge in [0.25, 0.3) is 0 Å². The summed E-state index contributed by atoms with van der Waals surface area (Å²) < 4.78 is 0. The summed E-state index contributed by atoms with van der Waals surface area (Å²) in [5, 5.41) is 6.80. The first-order valence-electron chi connectivity index (χ1n) is 6.59. The molecule has 3 nitrogen and oxygen atoms in total. The Bertz CT molecular complexity index is 304. The minimum absolute atomic E-state index is 0.598. The highest BCUT2D eigenvalue weighted by Crippen LogP contribution is 2.16. The topological polar surface area (TPSA) is 28.2 Å². The van der Waals surface area contributed by atoms with Gasteiger partial charge in [0.05, 0.1) is 6.54 Å². The normalized spacial score (nSPS) is 21.3. The van der Waals surface area contributed by atoms with Crippen LogP contribution in [0.5, 0.6) is 0 Å². The van der Waals surface area contributed by atoms with Crippen molar-refractivity contribution >= 4 is 11.3 Å². The predicted molar refractivity (Wildman–Crippen MR) is 73.3 cm³/mol. The zero-order chi connectivity index (χ0) is 12.1. The maximum Gasteiger partial charge on any atom is 0.107 e. The van der Waals surface area contributed by atoms with Crippen LogP contribution in [0.4, 0.5) is 0 Å². The van der Waals surface area contributed by atoms with E-state index in [1.54, 1.807) is 11.3 Å². The number of hydrogen-bond acceptors (Lipinski definition) is 4. The van der Waals surface area contributed by atoms with Gasteiger partial charge in [-0.1, -0.05) is 0 Å². The summed E-state index contributed by atoms with van der Waals surface area (Å²) in [6, 6.07) is 0.598. The minimum atomic E-state index is 0.598. The van der Waals surface area contributed by atoms with Crippen molar-refractivity contribution in [2.45, 2.75) is 39.3 Å². The second-order valence-electron chi connectivity index (χ2n) is 5.16. The number of thiazole rings is 1. The lowest BCUT2D eigenvalue weighted by molar-refractivity contribution is 0.164.